The van der Waals surface area contributed by atoms with Crippen LogP contribution in [0.1, 0.15) is 32.8 Å². The lowest BCUT2D eigenvalue weighted by Gasteiger charge is -2.43. The Balaban J connectivity index is 2.36. The molecule has 1 aliphatic rings. The van der Waals surface area contributed by atoms with Crippen molar-refractivity contribution in [2.45, 2.75) is 38.8 Å². The third-order valence-electron chi connectivity index (χ3n) is 4.18. The Labute approximate surface area is 131 Å². The van der Waals surface area contributed by atoms with Crippen molar-refractivity contribution < 1.29 is 14.6 Å². The van der Waals surface area contributed by atoms with Gasteiger partial charge in [0.2, 0.25) is 0 Å². The second-order valence-electron chi connectivity index (χ2n) is 6.00. The lowest BCUT2D eigenvalue weighted by atomic mass is 9.90. The molecule has 0 saturated carbocycles. The zero-order valence-electron chi connectivity index (χ0n) is 13.4. The lowest BCUT2D eigenvalue weighted by Crippen LogP contribution is -2.57. The Morgan fingerprint density at radius 1 is 1.41 bits per heavy atom. The highest BCUT2D eigenvalue weighted by atomic mass is 16.5. The molecule has 4 heteroatoms. The Morgan fingerprint density at radius 2 is 2.05 bits per heavy atom. The van der Waals surface area contributed by atoms with Gasteiger partial charge in [-0.05, 0) is 32.8 Å². The summed E-state index contributed by atoms with van der Waals surface area (Å²) in [6, 6.07) is 9.45. The number of hydrogen-bond donors (Lipinski definition) is 1. The van der Waals surface area contributed by atoms with Crippen LogP contribution in [0.4, 0.5) is 0 Å². The van der Waals surface area contributed by atoms with Crippen LogP contribution in [-0.2, 0) is 9.53 Å². The van der Waals surface area contributed by atoms with Crippen LogP contribution in [0.3, 0.4) is 0 Å². The molecule has 1 amide bonds. The minimum Gasteiger partial charge on any atom is -0.477 e. The molecule has 0 aliphatic carbocycles. The number of ether oxygens (including phenoxy) is 1. The van der Waals surface area contributed by atoms with Gasteiger partial charge in [0.05, 0.1) is 17.2 Å². The van der Waals surface area contributed by atoms with E-state index in [1.54, 1.807) is 17.9 Å². The van der Waals surface area contributed by atoms with Gasteiger partial charge in [-0.15, -0.1) is 6.58 Å². The first kappa shape index (κ1) is 16.3. The fraction of sp³-hybridized carbons (Fsp3) is 0.389. The van der Waals surface area contributed by atoms with Gasteiger partial charge in [0.25, 0.3) is 5.91 Å². The molecule has 0 spiro atoms. The van der Waals surface area contributed by atoms with E-state index >= 15 is 0 Å². The molecular weight excluding hydrogens is 278 g/mol. The maximum atomic E-state index is 12.9. The van der Waals surface area contributed by atoms with Crippen LogP contribution in [0.2, 0.25) is 0 Å². The number of allylic oxidation sites excluding steroid dienone is 1. The fourth-order valence-electron chi connectivity index (χ4n) is 2.56. The molecule has 0 aromatic heterocycles. The average molecular weight is 301 g/mol. The van der Waals surface area contributed by atoms with Crippen molar-refractivity contribution in [3.63, 3.8) is 0 Å². The molecule has 1 unspecified atom stereocenters. The number of aliphatic hydroxyl groups excluding tert-OH is 1. The number of carbonyl (C=O) groups excluding carboxylic acids is 1. The van der Waals surface area contributed by atoms with Gasteiger partial charge < -0.3 is 9.84 Å². The molecule has 118 valence electrons. The number of amides is 1. The van der Waals surface area contributed by atoms with Crippen LogP contribution >= 0.6 is 0 Å². The lowest BCUT2D eigenvalue weighted by molar-refractivity contribution is -0.145. The molecule has 0 bridgehead atoms. The van der Waals surface area contributed by atoms with Gasteiger partial charge in [0.15, 0.2) is 6.73 Å². The summed E-state index contributed by atoms with van der Waals surface area (Å²) in [5.74, 6) is 0.490. The van der Waals surface area contributed by atoms with E-state index in [4.69, 9.17) is 4.74 Å². The molecule has 4 nitrogen and oxygen atoms in total. The average Bonchev–Trinajstić information content (AvgIpc) is 2.48. The zero-order valence-corrected chi connectivity index (χ0v) is 13.4. The molecule has 22 heavy (non-hydrogen) atoms. The molecule has 1 N–H and O–H groups in total. The predicted octanol–water partition coefficient (Wildman–Crippen LogP) is 2.95. The van der Waals surface area contributed by atoms with Gasteiger partial charge >= 0.3 is 0 Å². The van der Waals surface area contributed by atoms with Crippen molar-refractivity contribution in [1.29, 1.82) is 0 Å². The number of nitrogens with zero attached hydrogens (tertiary/aromatic N) is 1. The summed E-state index contributed by atoms with van der Waals surface area (Å²) in [5, 5.41) is 10.3. The first-order chi connectivity index (χ1) is 10.4. The molecule has 0 saturated heterocycles. The van der Waals surface area contributed by atoms with Gasteiger partial charge in [-0.3, -0.25) is 9.69 Å². The van der Waals surface area contributed by atoms with Gasteiger partial charge in [0.1, 0.15) is 5.76 Å². The fourth-order valence-corrected chi connectivity index (χ4v) is 2.56. The maximum absolute atomic E-state index is 12.9. The molecule has 0 fully saturated rings. The van der Waals surface area contributed by atoms with Crippen LogP contribution in [0.25, 0.3) is 5.57 Å². The van der Waals surface area contributed by atoms with E-state index in [2.05, 4.69) is 6.58 Å². The van der Waals surface area contributed by atoms with Gasteiger partial charge in [-0.2, -0.15) is 0 Å². The van der Waals surface area contributed by atoms with Crippen molar-refractivity contribution in [3.05, 3.63) is 54.3 Å². The maximum Gasteiger partial charge on any atom is 0.261 e. The normalized spacial score (nSPS) is 17.3. The van der Waals surface area contributed by atoms with Crippen LogP contribution in [0.5, 0.6) is 0 Å². The molecule has 1 aromatic carbocycles. The predicted molar refractivity (Wildman–Crippen MR) is 86.7 cm³/mol. The van der Waals surface area contributed by atoms with E-state index in [9.17, 15) is 9.90 Å². The van der Waals surface area contributed by atoms with E-state index < -0.39 is 11.6 Å². The topological polar surface area (TPSA) is 49.8 Å². The summed E-state index contributed by atoms with van der Waals surface area (Å²) in [7, 11) is 0. The van der Waals surface area contributed by atoms with Gasteiger partial charge in [-0.1, -0.05) is 36.4 Å². The SMILES string of the molecule is C=CCC(O)C(C)(C)N1COC(C)=C(c2ccccc2)C1=O. The second-order valence-corrected chi connectivity index (χ2v) is 6.00. The molecule has 1 heterocycles. The summed E-state index contributed by atoms with van der Waals surface area (Å²) in [5.41, 5.74) is 0.626. The minimum atomic E-state index is -0.744. The second kappa shape index (κ2) is 6.36. The van der Waals surface area contributed by atoms with Crippen LogP contribution in [-0.4, -0.2) is 34.3 Å². The van der Waals surface area contributed by atoms with Gasteiger partial charge in [0, 0.05) is 0 Å². The highest BCUT2D eigenvalue weighted by Gasteiger charge is 2.41. The van der Waals surface area contributed by atoms with Crippen molar-refractivity contribution >= 4 is 11.5 Å². The number of benzene rings is 1. The molecule has 1 atom stereocenters. The van der Waals surface area contributed by atoms with E-state index in [1.165, 1.54) is 0 Å². The Kier molecular flexibility index (Phi) is 4.71. The molecule has 2 rings (SSSR count). The molecule has 1 aromatic rings. The number of aliphatic hydroxyl groups is 1. The van der Waals surface area contributed by atoms with E-state index in [0.29, 0.717) is 17.8 Å². The quantitative estimate of drug-likeness (QED) is 0.851. The van der Waals surface area contributed by atoms with Crippen molar-refractivity contribution in [1.82, 2.24) is 4.90 Å². The van der Waals surface area contributed by atoms with Crippen LogP contribution in [0, 0.1) is 0 Å². The van der Waals surface area contributed by atoms with Crippen molar-refractivity contribution in [2.24, 2.45) is 0 Å². The summed E-state index contributed by atoms with van der Waals surface area (Å²) >= 11 is 0. The Hall–Kier alpha value is -2.07. The molecular formula is C18H23NO3. The first-order valence-electron chi connectivity index (χ1n) is 7.39. The Bertz CT molecular complexity index is 590. The standard InChI is InChI=1S/C18H23NO3/c1-5-9-15(20)18(3,4)19-12-22-13(2)16(17(19)21)14-10-7-6-8-11-14/h5-8,10-11,15,20H,1,9,12H2,2-4H3. The van der Waals surface area contributed by atoms with Crippen molar-refractivity contribution in [2.75, 3.05) is 6.73 Å². The smallest absolute Gasteiger partial charge is 0.261 e. The number of rotatable bonds is 5. The van der Waals surface area contributed by atoms with Crippen LogP contribution in [0.15, 0.2) is 48.7 Å². The Morgan fingerprint density at radius 3 is 2.64 bits per heavy atom. The molecule has 1 aliphatic heterocycles. The largest absolute Gasteiger partial charge is 0.477 e. The monoisotopic (exact) mass is 301 g/mol. The highest BCUT2D eigenvalue weighted by Crippen LogP contribution is 2.32. The minimum absolute atomic E-state index is 0.122. The van der Waals surface area contributed by atoms with Crippen molar-refractivity contribution in [3.8, 4) is 0 Å². The van der Waals surface area contributed by atoms with Gasteiger partial charge in [-0.25, -0.2) is 0 Å². The molecule has 0 radical (unpaired) electrons. The van der Waals surface area contributed by atoms with Crippen LogP contribution < -0.4 is 0 Å². The summed E-state index contributed by atoms with van der Waals surface area (Å²) in [6.07, 6.45) is 1.37. The summed E-state index contributed by atoms with van der Waals surface area (Å²) < 4.78 is 5.69. The van der Waals surface area contributed by atoms with E-state index in [-0.39, 0.29) is 12.6 Å². The highest BCUT2D eigenvalue weighted by molar-refractivity contribution is 6.20. The summed E-state index contributed by atoms with van der Waals surface area (Å²) in [4.78, 5) is 14.5. The first-order valence-corrected chi connectivity index (χ1v) is 7.39. The third kappa shape index (κ3) is 2.92. The summed E-state index contributed by atoms with van der Waals surface area (Å²) in [6.45, 7) is 9.26. The number of carbonyl (C=O) groups is 1. The third-order valence-corrected chi connectivity index (χ3v) is 4.18. The zero-order chi connectivity index (χ0) is 16.3. The van der Waals surface area contributed by atoms with E-state index in [1.807, 2.05) is 44.2 Å². The van der Waals surface area contributed by atoms with E-state index in [0.717, 1.165) is 5.56 Å². The number of hydrogen-bond acceptors (Lipinski definition) is 3.